The van der Waals surface area contributed by atoms with Gasteiger partial charge in [-0.2, -0.15) is 0 Å². The smallest absolute Gasteiger partial charge is 0.264 e. The summed E-state index contributed by atoms with van der Waals surface area (Å²) in [7, 11) is -3.80. The first kappa shape index (κ1) is 12.3. The van der Waals surface area contributed by atoms with Crippen molar-refractivity contribution in [2.75, 3.05) is 10.5 Å². The van der Waals surface area contributed by atoms with Gasteiger partial charge in [0.2, 0.25) is 0 Å². The number of anilines is 2. The maximum atomic E-state index is 12.1. The second kappa shape index (κ2) is 4.58. The quantitative estimate of drug-likeness (QED) is 0.582. The van der Waals surface area contributed by atoms with Crippen molar-refractivity contribution in [2.24, 2.45) is 0 Å². The van der Waals surface area contributed by atoms with Crippen molar-refractivity contribution in [3.63, 3.8) is 0 Å². The molecule has 0 spiro atoms. The summed E-state index contributed by atoms with van der Waals surface area (Å²) in [5.74, 6) is -0.258. The zero-order chi connectivity index (χ0) is 13.2. The minimum atomic E-state index is -3.80. The molecule has 4 N–H and O–H groups in total. The Hall–Kier alpha value is -2.21. The third-order valence-corrected chi connectivity index (χ3v) is 3.80. The van der Waals surface area contributed by atoms with Crippen molar-refractivity contribution in [2.45, 2.75) is 4.90 Å². The van der Waals surface area contributed by atoms with Crippen molar-refractivity contribution in [3.8, 4) is 5.75 Å². The van der Waals surface area contributed by atoms with Gasteiger partial charge in [0.05, 0.1) is 5.69 Å². The molecule has 0 aliphatic carbocycles. The maximum Gasteiger partial charge on any atom is 0.264 e. The SMILES string of the molecule is Nc1c(O)cccc1S(=O)(=O)Nc1ccccc1. The fraction of sp³-hybridized carbons (Fsp3) is 0. The number of nitrogens with one attached hydrogen (secondary N) is 1. The lowest BCUT2D eigenvalue weighted by Crippen LogP contribution is -2.14. The van der Waals surface area contributed by atoms with E-state index in [1.165, 1.54) is 18.2 Å². The highest BCUT2D eigenvalue weighted by molar-refractivity contribution is 7.92. The molecule has 0 aliphatic rings. The molecule has 0 radical (unpaired) electrons. The Kier molecular flexibility index (Phi) is 3.12. The highest BCUT2D eigenvalue weighted by Gasteiger charge is 2.19. The zero-order valence-electron chi connectivity index (χ0n) is 9.37. The van der Waals surface area contributed by atoms with Crippen LogP contribution in [0.2, 0.25) is 0 Å². The molecule has 0 amide bonds. The number of hydrogen-bond donors (Lipinski definition) is 3. The van der Waals surface area contributed by atoms with Crippen LogP contribution in [-0.2, 0) is 10.0 Å². The van der Waals surface area contributed by atoms with E-state index in [1.54, 1.807) is 30.3 Å². The van der Waals surface area contributed by atoms with Gasteiger partial charge in [-0.05, 0) is 24.3 Å². The van der Waals surface area contributed by atoms with Gasteiger partial charge in [-0.15, -0.1) is 0 Å². The van der Waals surface area contributed by atoms with Gasteiger partial charge < -0.3 is 10.8 Å². The molecule has 0 bridgehead atoms. The van der Waals surface area contributed by atoms with E-state index in [-0.39, 0.29) is 16.3 Å². The minimum absolute atomic E-state index is 0.147. The fourth-order valence-corrected chi connectivity index (χ4v) is 2.69. The first-order valence-corrected chi connectivity index (χ1v) is 6.64. The van der Waals surface area contributed by atoms with Gasteiger partial charge in [-0.25, -0.2) is 8.42 Å². The molecule has 5 nitrogen and oxygen atoms in total. The Bertz CT molecular complexity index is 654. The molecule has 0 aliphatic heterocycles. The van der Waals surface area contributed by atoms with Crippen LogP contribution in [0.5, 0.6) is 5.75 Å². The molecular weight excluding hydrogens is 252 g/mol. The number of phenols is 1. The summed E-state index contributed by atoms with van der Waals surface area (Å²) in [4.78, 5) is -0.147. The standard InChI is InChI=1S/C12H12N2O3S/c13-12-10(15)7-4-8-11(12)18(16,17)14-9-5-2-1-3-6-9/h1-8,14-15H,13H2. The van der Waals surface area contributed by atoms with Gasteiger partial charge in [0.1, 0.15) is 10.6 Å². The topological polar surface area (TPSA) is 92.4 Å². The van der Waals surface area contributed by atoms with E-state index < -0.39 is 10.0 Å². The molecule has 0 aromatic heterocycles. The van der Waals surface area contributed by atoms with Crippen molar-refractivity contribution >= 4 is 21.4 Å². The molecule has 0 fully saturated rings. The Labute approximate surface area is 105 Å². The lowest BCUT2D eigenvalue weighted by molar-refractivity contribution is 0.476. The average molecular weight is 264 g/mol. The second-order valence-electron chi connectivity index (χ2n) is 3.66. The number of para-hydroxylation sites is 2. The highest BCUT2D eigenvalue weighted by atomic mass is 32.2. The predicted octanol–water partition coefficient (Wildman–Crippen LogP) is 1.78. The predicted molar refractivity (Wildman–Crippen MR) is 69.8 cm³/mol. The molecule has 6 heteroatoms. The van der Waals surface area contributed by atoms with E-state index in [0.29, 0.717) is 5.69 Å². The average Bonchev–Trinajstić information content (AvgIpc) is 2.33. The molecular formula is C12H12N2O3S. The number of phenolic OH excluding ortho intramolecular Hbond substituents is 1. The second-order valence-corrected chi connectivity index (χ2v) is 5.31. The zero-order valence-corrected chi connectivity index (χ0v) is 10.2. The van der Waals surface area contributed by atoms with Gasteiger partial charge in [-0.1, -0.05) is 24.3 Å². The summed E-state index contributed by atoms with van der Waals surface area (Å²) in [5.41, 5.74) is 5.82. The Balaban J connectivity index is 2.41. The molecule has 0 saturated heterocycles. The van der Waals surface area contributed by atoms with Crippen LogP contribution in [0.25, 0.3) is 0 Å². The van der Waals surface area contributed by atoms with Gasteiger partial charge in [0.25, 0.3) is 10.0 Å². The van der Waals surface area contributed by atoms with Crippen LogP contribution in [-0.4, -0.2) is 13.5 Å². The molecule has 18 heavy (non-hydrogen) atoms. The molecule has 94 valence electrons. The number of nitrogen functional groups attached to an aromatic ring is 1. The molecule has 2 rings (SSSR count). The number of sulfonamides is 1. The summed E-state index contributed by atoms with van der Waals surface area (Å²) >= 11 is 0. The molecule has 2 aromatic rings. The van der Waals surface area contributed by atoms with Crippen LogP contribution >= 0.6 is 0 Å². The van der Waals surface area contributed by atoms with Crippen LogP contribution in [0.3, 0.4) is 0 Å². The minimum Gasteiger partial charge on any atom is -0.506 e. The van der Waals surface area contributed by atoms with Crippen LogP contribution in [0.1, 0.15) is 0 Å². The van der Waals surface area contributed by atoms with E-state index in [9.17, 15) is 13.5 Å². The van der Waals surface area contributed by atoms with Crippen LogP contribution < -0.4 is 10.5 Å². The van der Waals surface area contributed by atoms with Crippen molar-refractivity contribution in [3.05, 3.63) is 48.5 Å². The summed E-state index contributed by atoms with van der Waals surface area (Å²) in [6.07, 6.45) is 0. The maximum absolute atomic E-state index is 12.1. The molecule has 0 unspecified atom stereocenters. The van der Waals surface area contributed by atoms with Crippen molar-refractivity contribution in [1.82, 2.24) is 0 Å². The third kappa shape index (κ3) is 2.38. The van der Waals surface area contributed by atoms with Gasteiger partial charge >= 0.3 is 0 Å². The Morgan fingerprint density at radius 2 is 1.67 bits per heavy atom. The third-order valence-electron chi connectivity index (χ3n) is 2.36. The van der Waals surface area contributed by atoms with E-state index in [0.717, 1.165) is 0 Å². The van der Waals surface area contributed by atoms with E-state index in [2.05, 4.69) is 4.72 Å². The number of rotatable bonds is 3. The van der Waals surface area contributed by atoms with Gasteiger partial charge in [0, 0.05) is 5.69 Å². The van der Waals surface area contributed by atoms with E-state index >= 15 is 0 Å². The Morgan fingerprint density at radius 1 is 1.00 bits per heavy atom. The van der Waals surface area contributed by atoms with Gasteiger partial charge in [0.15, 0.2) is 0 Å². The van der Waals surface area contributed by atoms with E-state index in [4.69, 9.17) is 5.73 Å². The fourth-order valence-electron chi connectivity index (χ4n) is 1.48. The first-order chi connectivity index (χ1) is 8.50. The van der Waals surface area contributed by atoms with Crippen molar-refractivity contribution < 1.29 is 13.5 Å². The lowest BCUT2D eigenvalue weighted by atomic mass is 10.3. The normalized spacial score (nSPS) is 11.1. The molecule has 2 aromatic carbocycles. The monoisotopic (exact) mass is 264 g/mol. The summed E-state index contributed by atoms with van der Waals surface area (Å²) in [6.45, 7) is 0. The van der Waals surface area contributed by atoms with Gasteiger partial charge in [-0.3, -0.25) is 4.72 Å². The molecule has 0 heterocycles. The number of nitrogens with two attached hydrogens (primary N) is 1. The first-order valence-electron chi connectivity index (χ1n) is 5.16. The molecule has 0 atom stereocenters. The van der Waals surface area contributed by atoms with Crippen LogP contribution in [0.4, 0.5) is 11.4 Å². The number of aromatic hydroxyl groups is 1. The van der Waals surface area contributed by atoms with E-state index in [1.807, 2.05) is 0 Å². The number of benzene rings is 2. The summed E-state index contributed by atoms with van der Waals surface area (Å²) in [6, 6.07) is 12.5. The largest absolute Gasteiger partial charge is 0.506 e. The number of hydrogen-bond acceptors (Lipinski definition) is 4. The van der Waals surface area contributed by atoms with Crippen LogP contribution in [0.15, 0.2) is 53.4 Å². The highest BCUT2D eigenvalue weighted by Crippen LogP contribution is 2.28. The molecule has 0 saturated carbocycles. The summed E-state index contributed by atoms with van der Waals surface area (Å²) < 4.78 is 26.5. The van der Waals surface area contributed by atoms with Crippen LogP contribution in [0, 0.1) is 0 Å². The summed E-state index contributed by atoms with van der Waals surface area (Å²) in [5, 5.41) is 9.41. The Morgan fingerprint density at radius 3 is 2.33 bits per heavy atom. The lowest BCUT2D eigenvalue weighted by Gasteiger charge is -2.10. The van der Waals surface area contributed by atoms with Crippen molar-refractivity contribution in [1.29, 1.82) is 0 Å².